The number of benzene rings is 1. The van der Waals surface area contributed by atoms with Crippen molar-refractivity contribution < 1.29 is 37.5 Å². The van der Waals surface area contributed by atoms with Crippen molar-refractivity contribution in [3.63, 3.8) is 0 Å². The number of rotatable bonds is 10. The monoisotopic (exact) mass is 551 g/mol. The van der Waals surface area contributed by atoms with E-state index in [1.165, 1.54) is 26.0 Å². The minimum atomic E-state index is -4.52. The molecule has 1 aromatic heterocycles. The molecule has 15 heteroatoms. The fraction of sp³-hybridized carbons (Fsp3) is 0.478. The van der Waals surface area contributed by atoms with E-state index in [9.17, 15) is 19.3 Å². The summed E-state index contributed by atoms with van der Waals surface area (Å²) in [6.45, 7) is 5.50. The normalized spacial score (nSPS) is 25.2. The Balaban J connectivity index is 1.86. The van der Waals surface area contributed by atoms with Crippen LogP contribution in [0.2, 0.25) is 0 Å². The third-order valence-electron chi connectivity index (χ3n) is 5.22. The highest BCUT2D eigenvalue weighted by Gasteiger charge is 2.55. The number of aromatic nitrogens is 3. The fourth-order valence-electron chi connectivity index (χ4n) is 3.52. The second-order valence-corrected chi connectivity index (χ2v) is 10.1. The van der Waals surface area contributed by atoms with Crippen molar-refractivity contribution in [3.05, 3.63) is 47.1 Å². The first kappa shape index (κ1) is 29.2. The van der Waals surface area contributed by atoms with Crippen molar-refractivity contribution >= 4 is 19.7 Å². The summed E-state index contributed by atoms with van der Waals surface area (Å²) in [4.78, 5) is 32.0. The molecule has 1 aliphatic rings. The SMILES string of the molecule is CC#CC1(N)[C@@H](O)[C@@H](CO[P@](=O)(Oc2ccccc2)O[C@@H](C)C(=O)OC(C)C)O[C@H]1n1cnc(N)nc1=O. The van der Waals surface area contributed by atoms with Crippen LogP contribution < -0.4 is 21.7 Å². The summed E-state index contributed by atoms with van der Waals surface area (Å²) >= 11 is 0. The first-order valence-corrected chi connectivity index (χ1v) is 13.0. The number of nitrogen functional groups attached to an aromatic ring is 1. The molecule has 1 aromatic carbocycles. The molecule has 1 aliphatic heterocycles. The van der Waals surface area contributed by atoms with Crippen LogP contribution in [0.5, 0.6) is 5.75 Å². The Kier molecular flexibility index (Phi) is 9.26. The molecule has 0 amide bonds. The third-order valence-corrected chi connectivity index (χ3v) is 6.70. The predicted octanol–water partition coefficient (Wildman–Crippen LogP) is 0.760. The highest BCUT2D eigenvalue weighted by Crippen LogP contribution is 2.51. The predicted molar refractivity (Wildman–Crippen MR) is 133 cm³/mol. The molecule has 3 rings (SSSR count). The summed E-state index contributed by atoms with van der Waals surface area (Å²) in [6, 6.07) is 7.97. The maximum absolute atomic E-state index is 13.6. The van der Waals surface area contributed by atoms with Gasteiger partial charge in [-0.05, 0) is 39.8 Å². The molecular formula is C23H30N5O9P. The van der Waals surface area contributed by atoms with Gasteiger partial charge < -0.3 is 30.6 Å². The Bertz CT molecular complexity index is 1300. The summed E-state index contributed by atoms with van der Waals surface area (Å²) in [7, 11) is -4.52. The van der Waals surface area contributed by atoms with Crippen LogP contribution in [0.15, 0.2) is 41.5 Å². The van der Waals surface area contributed by atoms with Gasteiger partial charge in [-0.1, -0.05) is 24.1 Å². The van der Waals surface area contributed by atoms with Crippen LogP contribution in [-0.4, -0.2) is 62.2 Å². The Labute approximate surface area is 218 Å². The summed E-state index contributed by atoms with van der Waals surface area (Å²) in [6.07, 6.45) is -4.90. The number of esters is 1. The number of hydrogen-bond acceptors (Lipinski definition) is 13. The summed E-state index contributed by atoms with van der Waals surface area (Å²) < 4.78 is 41.8. The first-order chi connectivity index (χ1) is 17.9. The molecule has 2 aromatic rings. The van der Waals surface area contributed by atoms with Gasteiger partial charge in [0, 0.05) is 0 Å². The van der Waals surface area contributed by atoms with Gasteiger partial charge in [0.15, 0.2) is 17.9 Å². The van der Waals surface area contributed by atoms with E-state index in [0.29, 0.717) is 0 Å². The van der Waals surface area contributed by atoms with Crippen LogP contribution in [0.25, 0.3) is 0 Å². The number of carbonyl (C=O) groups excluding carboxylic acids is 1. The molecule has 1 unspecified atom stereocenters. The second kappa shape index (κ2) is 12.0. The Morgan fingerprint density at radius 3 is 2.61 bits per heavy atom. The van der Waals surface area contributed by atoms with E-state index >= 15 is 0 Å². The Morgan fingerprint density at radius 1 is 1.32 bits per heavy atom. The maximum Gasteiger partial charge on any atom is 0.530 e. The van der Waals surface area contributed by atoms with Crippen LogP contribution >= 0.6 is 7.82 Å². The van der Waals surface area contributed by atoms with E-state index < -0.39 is 62.3 Å². The molecule has 14 nitrogen and oxygen atoms in total. The number of phosphoric acid groups is 1. The number of hydrogen-bond donors (Lipinski definition) is 3. The van der Waals surface area contributed by atoms with E-state index in [-0.39, 0.29) is 11.7 Å². The molecule has 1 saturated heterocycles. The highest BCUT2D eigenvalue weighted by molar-refractivity contribution is 7.49. The van der Waals surface area contributed by atoms with Gasteiger partial charge in [0.2, 0.25) is 5.95 Å². The van der Waals surface area contributed by atoms with Gasteiger partial charge in [0.05, 0.1) is 12.7 Å². The Hall–Kier alpha value is -3.31. The van der Waals surface area contributed by atoms with Gasteiger partial charge in [-0.3, -0.25) is 13.6 Å². The van der Waals surface area contributed by atoms with Crippen molar-refractivity contribution in [2.45, 2.75) is 63.9 Å². The van der Waals surface area contributed by atoms with Gasteiger partial charge >= 0.3 is 19.5 Å². The molecular weight excluding hydrogens is 521 g/mol. The van der Waals surface area contributed by atoms with Gasteiger partial charge in [0.1, 0.15) is 24.3 Å². The lowest BCUT2D eigenvalue weighted by Crippen LogP contribution is -2.55. The summed E-state index contributed by atoms with van der Waals surface area (Å²) in [5, 5.41) is 11.0. The lowest BCUT2D eigenvalue weighted by molar-refractivity contribution is -0.156. The van der Waals surface area contributed by atoms with E-state index in [0.717, 1.165) is 10.9 Å². The molecule has 6 atom stereocenters. The highest BCUT2D eigenvalue weighted by atomic mass is 31.2. The minimum Gasteiger partial charge on any atom is -0.461 e. The summed E-state index contributed by atoms with van der Waals surface area (Å²) in [5.41, 5.74) is 9.17. The van der Waals surface area contributed by atoms with E-state index in [1.807, 2.05) is 0 Å². The molecule has 0 bridgehead atoms. The molecule has 1 fully saturated rings. The van der Waals surface area contributed by atoms with Crippen LogP contribution in [-0.2, 0) is 27.9 Å². The zero-order chi connectivity index (χ0) is 28.1. The molecule has 206 valence electrons. The average molecular weight is 551 g/mol. The zero-order valence-electron chi connectivity index (χ0n) is 21.2. The summed E-state index contributed by atoms with van der Waals surface area (Å²) in [5.74, 6) is 4.32. The van der Waals surface area contributed by atoms with Gasteiger partial charge in [-0.2, -0.15) is 4.98 Å². The maximum atomic E-state index is 13.6. The molecule has 38 heavy (non-hydrogen) atoms. The number of nitrogens with two attached hydrogens (primary N) is 2. The van der Waals surface area contributed by atoms with Crippen molar-refractivity contribution in [2.24, 2.45) is 5.73 Å². The molecule has 0 radical (unpaired) electrons. The largest absolute Gasteiger partial charge is 0.530 e. The first-order valence-electron chi connectivity index (χ1n) is 11.5. The molecule has 0 aliphatic carbocycles. The average Bonchev–Trinajstić information content (AvgIpc) is 3.08. The molecule has 2 heterocycles. The molecule has 0 spiro atoms. The number of nitrogens with zero attached hydrogens (tertiary/aromatic N) is 3. The van der Waals surface area contributed by atoms with E-state index in [4.69, 9.17) is 34.5 Å². The van der Waals surface area contributed by atoms with Crippen LogP contribution in [0.1, 0.15) is 33.9 Å². The number of aliphatic hydroxyl groups is 1. The van der Waals surface area contributed by atoms with E-state index in [2.05, 4.69) is 21.8 Å². The number of anilines is 1. The standard InChI is InChI=1S/C23H30N5O9P/c1-5-11-23(25)18(29)17(35-20(23)28-13-26-21(24)27-22(28)31)12-33-38(32,37-16-9-7-6-8-10-16)36-15(4)19(30)34-14(2)3/h6-10,13-15,17-18,20,29H,12,25H2,1-4H3,(H2,24,27,31)/t15-,17+,18-,20+,23?,38-/m0/s1. The van der Waals surface area contributed by atoms with Gasteiger partial charge in [-0.25, -0.2) is 19.1 Å². The number of para-hydroxylation sites is 1. The second-order valence-electron chi connectivity index (χ2n) is 8.56. The third kappa shape index (κ3) is 6.76. The lowest BCUT2D eigenvalue weighted by Gasteiger charge is -2.27. The number of carbonyl (C=O) groups is 1. The van der Waals surface area contributed by atoms with Gasteiger partial charge in [0.25, 0.3) is 0 Å². The van der Waals surface area contributed by atoms with Crippen molar-refractivity contribution in [2.75, 3.05) is 12.3 Å². The van der Waals surface area contributed by atoms with Crippen LogP contribution in [0, 0.1) is 11.8 Å². The number of aliphatic hydroxyl groups excluding tert-OH is 1. The molecule has 5 N–H and O–H groups in total. The van der Waals surface area contributed by atoms with Crippen molar-refractivity contribution in [3.8, 4) is 17.6 Å². The van der Waals surface area contributed by atoms with Crippen molar-refractivity contribution in [1.82, 2.24) is 14.5 Å². The Morgan fingerprint density at radius 2 is 2.00 bits per heavy atom. The minimum absolute atomic E-state index is 0.127. The zero-order valence-corrected chi connectivity index (χ0v) is 22.1. The van der Waals surface area contributed by atoms with Crippen LogP contribution in [0.3, 0.4) is 0 Å². The van der Waals surface area contributed by atoms with Crippen molar-refractivity contribution in [1.29, 1.82) is 0 Å². The quantitative estimate of drug-likeness (QED) is 0.212. The van der Waals surface area contributed by atoms with E-state index in [1.54, 1.807) is 32.0 Å². The smallest absolute Gasteiger partial charge is 0.461 e. The van der Waals surface area contributed by atoms with Crippen LogP contribution in [0.4, 0.5) is 5.95 Å². The lowest BCUT2D eigenvalue weighted by atomic mass is 9.91. The number of ether oxygens (including phenoxy) is 2. The topological polar surface area (TPSA) is 200 Å². The number of phosphoric ester groups is 1. The molecule has 0 saturated carbocycles. The van der Waals surface area contributed by atoms with Gasteiger partial charge in [-0.15, -0.1) is 5.92 Å². The fourth-order valence-corrected chi connectivity index (χ4v) is 4.86.